The van der Waals surface area contributed by atoms with Crippen LogP contribution in [0.25, 0.3) is 0 Å². The maximum atomic E-state index is 12.4. The molecule has 27 heavy (non-hydrogen) atoms. The number of amides is 3. The summed E-state index contributed by atoms with van der Waals surface area (Å²) in [7, 11) is 0. The van der Waals surface area contributed by atoms with Crippen molar-refractivity contribution in [2.75, 3.05) is 16.0 Å². The molecule has 0 aromatic heterocycles. The van der Waals surface area contributed by atoms with Crippen LogP contribution in [0, 0.1) is 0 Å². The van der Waals surface area contributed by atoms with E-state index in [0.717, 1.165) is 0 Å². The fourth-order valence-electron chi connectivity index (χ4n) is 2.36. The fourth-order valence-corrected chi connectivity index (χ4v) is 2.86. The molecule has 5 nitrogen and oxygen atoms in total. The number of halogens is 2. The summed E-state index contributed by atoms with van der Waals surface area (Å²) in [5.41, 5.74) is 2.03. The standard InChI is InChI=1S/C20H15Cl2N3O2/c21-13-9-10-17(18(22)11-13)19(26)23-15-7-4-8-16(12-15)25-20(27)24-14-5-2-1-3-6-14/h1-12H,(H,23,26)(H2,24,25,27). The lowest BCUT2D eigenvalue weighted by Crippen LogP contribution is -2.19. The monoisotopic (exact) mass is 399 g/mol. The topological polar surface area (TPSA) is 70.2 Å². The van der Waals surface area contributed by atoms with E-state index in [2.05, 4.69) is 16.0 Å². The van der Waals surface area contributed by atoms with E-state index in [4.69, 9.17) is 23.2 Å². The molecule has 0 fully saturated rings. The first kappa shape index (κ1) is 18.8. The summed E-state index contributed by atoms with van der Waals surface area (Å²) in [5.74, 6) is -0.373. The van der Waals surface area contributed by atoms with E-state index in [1.165, 1.54) is 6.07 Å². The Balaban J connectivity index is 1.66. The third-order valence-electron chi connectivity index (χ3n) is 3.59. The maximum absolute atomic E-state index is 12.4. The van der Waals surface area contributed by atoms with Crippen molar-refractivity contribution in [2.24, 2.45) is 0 Å². The molecular formula is C20H15Cl2N3O2. The second-order valence-electron chi connectivity index (χ2n) is 5.60. The van der Waals surface area contributed by atoms with E-state index in [1.807, 2.05) is 18.2 Å². The molecule has 0 heterocycles. The number of hydrogen-bond acceptors (Lipinski definition) is 2. The second-order valence-corrected chi connectivity index (χ2v) is 6.45. The predicted octanol–water partition coefficient (Wildman–Crippen LogP) is 5.89. The second kappa shape index (κ2) is 8.58. The highest BCUT2D eigenvalue weighted by Gasteiger charge is 2.11. The third-order valence-corrected chi connectivity index (χ3v) is 4.13. The van der Waals surface area contributed by atoms with Crippen molar-refractivity contribution in [1.82, 2.24) is 0 Å². The van der Waals surface area contributed by atoms with Gasteiger partial charge in [0.15, 0.2) is 0 Å². The van der Waals surface area contributed by atoms with Gasteiger partial charge in [-0.25, -0.2) is 4.79 Å². The summed E-state index contributed by atoms with van der Waals surface area (Å²) in [5, 5.41) is 8.90. The zero-order valence-corrected chi connectivity index (χ0v) is 15.5. The van der Waals surface area contributed by atoms with E-state index in [-0.39, 0.29) is 17.0 Å². The van der Waals surface area contributed by atoms with Crippen LogP contribution in [0.4, 0.5) is 21.9 Å². The first-order valence-corrected chi connectivity index (χ1v) is 8.76. The van der Waals surface area contributed by atoms with Crippen molar-refractivity contribution < 1.29 is 9.59 Å². The van der Waals surface area contributed by atoms with Gasteiger partial charge in [0.05, 0.1) is 10.6 Å². The number of hydrogen-bond donors (Lipinski definition) is 3. The molecule has 136 valence electrons. The number of rotatable bonds is 4. The SMILES string of the molecule is O=C(Nc1ccccc1)Nc1cccc(NC(=O)c2ccc(Cl)cc2Cl)c1. The van der Waals surface area contributed by atoms with E-state index in [1.54, 1.807) is 48.5 Å². The Bertz CT molecular complexity index is 978. The molecule has 3 N–H and O–H groups in total. The van der Waals surface area contributed by atoms with E-state index < -0.39 is 0 Å². The fraction of sp³-hybridized carbons (Fsp3) is 0. The molecule has 0 aliphatic rings. The highest BCUT2D eigenvalue weighted by Crippen LogP contribution is 2.23. The molecule has 0 radical (unpaired) electrons. The Morgan fingerprint density at radius 2 is 1.30 bits per heavy atom. The van der Waals surface area contributed by atoms with Gasteiger partial charge in [-0.1, -0.05) is 47.5 Å². The van der Waals surface area contributed by atoms with Crippen LogP contribution < -0.4 is 16.0 Å². The van der Waals surface area contributed by atoms with Gasteiger partial charge in [-0.05, 0) is 48.5 Å². The molecule has 3 aromatic carbocycles. The summed E-state index contributed by atoms with van der Waals surface area (Å²) in [6, 6.07) is 20.1. The largest absolute Gasteiger partial charge is 0.323 e. The molecule has 7 heteroatoms. The van der Waals surface area contributed by atoms with Crippen LogP contribution in [-0.4, -0.2) is 11.9 Å². The van der Waals surface area contributed by atoms with Gasteiger partial charge in [0.2, 0.25) is 0 Å². The number of carbonyl (C=O) groups is 2. The van der Waals surface area contributed by atoms with E-state index in [9.17, 15) is 9.59 Å². The lowest BCUT2D eigenvalue weighted by molar-refractivity contribution is 0.102. The van der Waals surface area contributed by atoms with Gasteiger partial charge in [0, 0.05) is 22.1 Å². The molecule has 0 bridgehead atoms. The molecule has 0 aliphatic carbocycles. The van der Waals surface area contributed by atoms with Gasteiger partial charge in [0.1, 0.15) is 0 Å². The van der Waals surface area contributed by atoms with Crippen molar-refractivity contribution in [3.8, 4) is 0 Å². The van der Waals surface area contributed by atoms with Crippen molar-refractivity contribution in [3.05, 3.63) is 88.4 Å². The van der Waals surface area contributed by atoms with E-state index >= 15 is 0 Å². The highest BCUT2D eigenvalue weighted by molar-refractivity contribution is 6.37. The van der Waals surface area contributed by atoms with Crippen LogP contribution in [0.5, 0.6) is 0 Å². The third kappa shape index (κ3) is 5.23. The van der Waals surface area contributed by atoms with Gasteiger partial charge < -0.3 is 16.0 Å². The zero-order chi connectivity index (χ0) is 19.2. The normalized spacial score (nSPS) is 10.1. The Hall–Kier alpha value is -3.02. The first-order chi connectivity index (χ1) is 13.0. The molecule has 3 rings (SSSR count). The maximum Gasteiger partial charge on any atom is 0.323 e. The number of urea groups is 1. The van der Waals surface area contributed by atoms with Gasteiger partial charge in [-0.15, -0.1) is 0 Å². The summed E-state index contributed by atoms with van der Waals surface area (Å²) >= 11 is 11.9. The molecular weight excluding hydrogens is 385 g/mol. The molecule has 0 atom stereocenters. The average molecular weight is 400 g/mol. The van der Waals surface area contributed by atoms with Crippen LogP contribution in [0.1, 0.15) is 10.4 Å². The smallest absolute Gasteiger partial charge is 0.322 e. The summed E-state index contributed by atoms with van der Waals surface area (Å²) in [4.78, 5) is 24.5. The quantitative estimate of drug-likeness (QED) is 0.511. The summed E-state index contributed by atoms with van der Waals surface area (Å²) < 4.78 is 0. The van der Waals surface area contributed by atoms with Crippen LogP contribution in [0.3, 0.4) is 0 Å². The number of carbonyl (C=O) groups excluding carboxylic acids is 2. The Morgan fingerprint density at radius 3 is 2.00 bits per heavy atom. The molecule has 0 unspecified atom stereocenters. The minimum absolute atomic E-state index is 0.261. The first-order valence-electron chi connectivity index (χ1n) is 8.01. The Labute approximate surface area is 166 Å². The lowest BCUT2D eigenvalue weighted by atomic mass is 10.2. The molecule has 3 amide bonds. The molecule has 3 aromatic rings. The zero-order valence-electron chi connectivity index (χ0n) is 14.0. The molecule has 0 saturated heterocycles. The minimum Gasteiger partial charge on any atom is -0.322 e. The molecule has 0 spiro atoms. The van der Waals surface area contributed by atoms with Crippen LogP contribution in [0.2, 0.25) is 10.0 Å². The van der Waals surface area contributed by atoms with E-state index in [0.29, 0.717) is 27.6 Å². The van der Waals surface area contributed by atoms with Crippen molar-refractivity contribution in [3.63, 3.8) is 0 Å². The molecule has 0 saturated carbocycles. The van der Waals surface area contributed by atoms with Crippen molar-refractivity contribution in [1.29, 1.82) is 0 Å². The summed E-state index contributed by atoms with van der Waals surface area (Å²) in [6.07, 6.45) is 0. The summed E-state index contributed by atoms with van der Waals surface area (Å²) in [6.45, 7) is 0. The average Bonchev–Trinajstić information content (AvgIpc) is 2.62. The van der Waals surface area contributed by atoms with Crippen LogP contribution in [0.15, 0.2) is 72.8 Å². The molecule has 0 aliphatic heterocycles. The van der Waals surface area contributed by atoms with Crippen molar-refractivity contribution >= 4 is 52.2 Å². The minimum atomic E-state index is -0.384. The predicted molar refractivity (Wildman–Crippen MR) is 110 cm³/mol. The van der Waals surface area contributed by atoms with Gasteiger partial charge in [-0.3, -0.25) is 4.79 Å². The number of para-hydroxylation sites is 1. The number of benzene rings is 3. The van der Waals surface area contributed by atoms with Crippen LogP contribution in [-0.2, 0) is 0 Å². The van der Waals surface area contributed by atoms with Gasteiger partial charge >= 0.3 is 6.03 Å². The Morgan fingerprint density at radius 1 is 0.667 bits per heavy atom. The van der Waals surface area contributed by atoms with Crippen LogP contribution >= 0.6 is 23.2 Å². The van der Waals surface area contributed by atoms with Gasteiger partial charge in [0.25, 0.3) is 5.91 Å². The highest BCUT2D eigenvalue weighted by atomic mass is 35.5. The lowest BCUT2D eigenvalue weighted by Gasteiger charge is -2.10. The number of nitrogens with one attached hydrogen (secondary N) is 3. The van der Waals surface area contributed by atoms with Gasteiger partial charge in [-0.2, -0.15) is 0 Å². The Kier molecular flexibility index (Phi) is 5.96. The van der Waals surface area contributed by atoms with Crippen molar-refractivity contribution in [2.45, 2.75) is 0 Å². The number of anilines is 3.